The Balaban J connectivity index is 1.99. The summed E-state index contributed by atoms with van der Waals surface area (Å²) in [6, 6.07) is 3.21. The predicted molar refractivity (Wildman–Crippen MR) is 72.9 cm³/mol. The molecule has 7 heteroatoms. The second-order valence-corrected chi connectivity index (χ2v) is 4.27. The number of H-pyrrole nitrogens is 1. The molecule has 0 fully saturated rings. The van der Waals surface area contributed by atoms with Crippen molar-refractivity contribution < 1.29 is 14.3 Å². The average molecular weight is 276 g/mol. The van der Waals surface area contributed by atoms with Gasteiger partial charge in [0.15, 0.2) is 11.6 Å². The Kier molecular flexibility index (Phi) is 4.31. The van der Waals surface area contributed by atoms with E-state index in [0.717, 1.165) is 0 Å². The van der Waals surface area contributed by atoms with Crippen molar-refractivity contribution in [3.05, 3.63) is 35.8 Å². The smallest absolute Gasteiger partial charge is 0.273 e. The van der Waals surface area contributed by atoms with Gasteiger partial charge in [-0.05, 0) is 13.0 Å². The van der Waals surface area contributed by atoms with Crippen LogP contribution in [0.4, 0.5) is 5.82 Å². The fourth-order valence-corrected chi connectivity index (χ4v) is 1.65. The molecule has 2 heterocycles. The molecule has 0 aromatic carbocycles. The van der Waals surface area contributed by atoms with Gasteiger partial charge in [-0.3, -0.25) is 14.3 Å². The van der Waals surface area contributed by atoms with E-state index in [4.69, 9.17) is 4.74 Å². The van der Waals surface area contributed by atoms with Crippen LogP contribution in [0.3, 0.4) is 0 Å². The molecule has 2 aromatic rings. The van der Waals surface area contributed by atoms with E-state index in [-0.39, 0.29) is 11.7 Å². The number of ketones is 1. The number of anilines is 1. The Morgan fingerprint density at radius 3 is 2.95 bits per heavy atom. The van der Waals surface area contributed by atoms with E-state index in [1.54, 1.807) is 24.1 Å². The number of Topliss-reactive ketones (excluding diaryl/α,β-unsaturated/α-hetero) is 1. The number of carbonyl (C=O) groups excluding carboxylic acids is 2. The molecule has 7 nitrogen and oxygen atoms in total. The standard InChI is InChI=1S/C13H16N4O3/c1-9(18)10-7-11(14-8-10)13(19)15-12-3-4-17(16-12)5-6-20-2/h3-4,7-8,14H,5-6H2,1-2H3,(H,15,16,19). The summed E-state index contributed by atoms with van der Waals surface area (Å²) in [5, 5.41) is 6.83. The second kappa shape index (κ2) is 6.16. The maximum Gasteiger partial charge on any atom is 0.273 e. The van der Waals surface area contributed by atoms with Gasteiger partial charge >= 0.3 is 0 Å². The molecule has 0 saturated heterocycles. The maximum atomic E-state index is 11.9. The number of hydrogen-bond acceptors (Lipinski definition) is 4. The van der Waals surface area contributed by atoms with Crippen molar-refractivity contribution in [2.45, 2.75) is 13.5 Å². The summed E-state index contributed by atoms with van der Waals surface area (Å²) in [6.07, 6.45) is 3.26. The Labute approximate surface area is 115 Å². The zero-order valence-corrected chi connectivity index (χ0v) is 11.3. The van der Waals surface area contributed by atoms with E-state index < -0.39 is 0 Å². The number of rotatable bonds is 6. The molecule has 0 aliphatic carbocycles. The first-order valence-electron chi connectivity index (χ1n) is 6.13. The fourth-order valence-electron chi connectivity index (χ4n) is 1.65. The number of ether oxygens (including phenoxy) is 1. The molecule has 0 radical (unpaired) electrons. The van der Waals surface area contributed by atoms with Crippen LogP contribution in [0.25, 0.3) is 0 Å². The van der Waals surface area contributed by atoms with Crippen LogP contribution in [0.2, 0.25) is 0 Å². The number of methoxy groups -OCH3 is 1. The highest BCUT2D eigenvalue weighted by molar-refractivity contribution is 6.04. The minimum absolute atomic E-state index is 0.0934. The lowest BCUT2D eigenvalue weighted by Gasteiger charge is -2.00. The SMILES string of the molecule is COCCn1ccc(NC(=O)c2cc(C(C)=O)c[nH]2)n1. The van der Waals surface area contributed by atoms with Gasteiger partial charge in [-0.15, -0.1) is 0 Å². The molecular weight excluding hydrogens is 260 g/mol. The molecular formula is C13H16N4O3. The molecule has 0 aliphatic rings. The lowest BCUT2D eigenvalue weighted by molar-refractivity contribution is 0.101. The van der Waals surface area contributed by atoms with Gasteiger partial charge in [-0.2, -0.15) is 5.10 Å². The summed E-state index contributed by atoms with van der Waals surface area (Å²) in [5.41, 5.74) is 0.794. The number of hydrogen-bond donors (Lipinski definition) is 2. The first-order valence-corrected chi connectivity index (χ1v) is 6.13. The third-order valence-corrected chi connectivity index (χ3v) is 2.74. The van der Waals surface area contributed by atoms with E-state index in [0.29, 0.717) is 30.2 Å². The first kappa shape index (κ1) is 14.0. The highest BCUT2D eigenvalue weighted by atomic mass is 16.5. The zero-order valence-electron chi connectivity index (χ0n) is 11.3. The van der Waals surface area contributed by atoms with Gasteiger partial charge in [0.1, 0.15) is 5.69 Å². The number of amides is 1. The summed E-state index contributed by atoms with van der Waals surface area (Å²) >= 11 is 0. The van der Waals surface area contributed by atoms with Crippen molar-refractivity contribution in [3.8, 4) is 0 Å². The summed E-state index contributed by atoms with van der Waals surface area (Å²) < 4.78 is 6.62. The van der Waals surface area contributed by atoms with Crippen LogP contribution in [-0.2, 0) is 11.3 Å². The zero-order chi connectivity index (χ0) is 14.5. The van der Waals surface area contributed by atoms with Gasteiger partial charge < -0.3 is 15.0 Å². The molecule has 2 rings (SSSR count). The van der Waals surface area contributed by atoms with Crippen LogP contribution in [0.15, 0.2) is 24.5 Å². The van der Waals surface area contributed by atoms with Gasteiger partial charge in [0.25, 0.3) is 5.91 Å². The Hall–Kier alpha value is -2.41. The summed E-state index contributed by atoms with van der Waals surface area (Å²) in [4.78, 5) is 25.9. The van der Waals surface area contributed by atoms with Gasteiger partial charge in [0, 0.05) is 31.1 Å². The van der Waals surface area contributed by atoms with Crippen LogP contribution in [0.5, 0.6) is 0 Å². The van der Waals surface area contributed by atoms with Crippen molar-refractivity contribution in [1.29, 1.82) is 0 Å². The molecule has 0 bridgehead atoms. The largest absolute Gasteiger partial charge is 0.383 e. The van der Waals surface area contributed by atoms with E-state index in [1.807, 2.05) is 0 Å². The summed E-state index contributed by atoms with van der Waals surface area (Å²) in [6.45, 7) is 2.61. The van der Waals surface area contributed by atoms with Crippen LogP contribution >= 0.6 is 0 Å². The van der Waals surface area contributed by atoms with Crippen LogP contribution in [0.1, 0.15) is 27.8 Å². The van der Waals surface area contributed by atoms with Crippen molar-refractivity contribution in [2.24, 2.45) is 0 Å². The van der Waals surface area contributed by atoms with E-state index in [2.05, 4.69) is 15.4 Å². The van der Waals surface area contributed by atoms with Crippen LogP contribution in [-0.4, -0.2) is 40.2 Å². The third kappa shape index (κ3) is 3.33. The molecule has 2 aromatic heterocycles. The molecule has 0 spiro atoms. The average Bonchev–Trinajstić information content (AvgIpc) is 3.05. The highest BCUT2D eigenvalue weighted by Crippen LogP contribution is 2.08. The Bertz CT molecular complexity index is 615. The lowest BCUT2D eigenvalue weighted by atomic mass is 10.2. The van der Waals surface area contributed by atoms with Gasteiger partial charge in [-0.1, -0.05) is 0 Å². The van der Waals surface area contributed by atoms with Gasteiger partial charge in [-0.25, -0.2) is 0 Å². The van der Waals surface area contributed by atoms with E-state index in [9.17, 15) is 9.59 Å². The van der Waals surface area contributed by atoms with Crippen molar-refractivity contribution >= 4 is 17.5 Å². The topological polar surface area (TPSA) is 89.0 Å². The molecule has 20 heavy (non-hydrogen) atoms. The Morgan fingerprint density at radius 2 is 2.30 bits per heavy atom. The molecule has 106 valence electrons. The fraction of sp³-hybridized carbons (Fsp3) is 0.308. The number of aromatic nitrogens is 3. The normalized spacial score (nSPS) is 10.5. The van der Waals surface area contributed by atoms with Crippen molar-refractivity contribution in [3.63, 3.8) is 0 Å². The van der Waals surface area contributed by atoms with E-state index in [1.165, 1.54) is 19.2 Å². The molecule has 0 atom stereocenters. The molecule has 0 saturated carbocycles. The van der Waals surface area contributed by atoms with Crippen molar-refractivity contribution in [1.82, 2.24) is 14.8 Å². The van der Waals surface area contributed by atoms with Crippen LogP contribution in [0, 0.1) is 0 Å². The minimum Gasteiger partial charge on any atom is -0.383 e. The molecule has 1 amide bonds. The number of carbonyl (C=O) groups is 2. The predicted octanol–water partition coefficient (Wildman–Crippen LogP) is 1.31. The quantitative estimate of drug-likeness (QED) is 0.778. The van der Waals surface area contributed by atoms with Crippen LogP contribution < -0.4 is 5.32 Å². The molecule has 0 unspecified atom stereocenters. The number of nitrogens with one attached hydrogen (secondary N) is 2. The molecule has 0 aliphatic heterocycles. The summed E-state index contributed by atoms with van der Waals surface area (Å²) in [7, 11) is 1.62. The highest BCUT2D eigenvalue weighted by Gasteiger charge is 2.12. The van der Waals surface area contributed by atoms with Crippen molar-refractivity contribution in [2.75, 3.05) is 19.0 Å². The number of aromatic amines is 1. The monoisotopic (exact) mass is 276 g/mol. The summed E-state index contributed by atoms with van der Waals surface area (Å²) in [5.74, 6) is 0.0173. The second-order valence-electron chi connectivity index (χ2n) is 4.27. The lowest BCUT2D eigenvalue weighted by Crippen LogP contribution is -2.13. The van der Waals surface area contributed by atoms with E-state index >= 15 is 0 Å². The van der Waals surface area contributed by atoms with Gasteiger partial charge in [0.05, 0.1) is 13.2 Å². The number of nitrogens with zero attached hydrogens (tertiary/aromatic N) is 2. The first-order chi connectivity index (χ1) is 9.60. The molecule has 2 N–H and O–H groups in total. The third-order valence-electron chi connectivity index (χ3n) is 2.74. The Morgan fingerprint density at radius 1 is 1.50 bits per heavy atom. The van der Waals surface area contributed by atoms with Gasteiger partial charge in [0.2, 0.25) is 0 Å². The maximum absolute atomic E-state index is 11.9. The minimum atomic E-state index is -0.338.